The van der Waals surface area contributed by atoms with Gasteiger partial charge in [0.15, 0.2) is 11.5 Å². The van der Waals surface area contributed by atoms with E-state index in [1.807, 2.05) is 12.1 Å². The van der Waals surface area contributed by atoms with E-state index in [2.05, 4.69) is 10.2 Å². The monoisotopic (exact) mass is 401 g/mol. The smallest absolute Gasteiger partial charge is 0.286 e. The lowest BCUT2D eigenvalue weighted by atomic mass is 10.1. The number of nitrogens with one attached hydrogen (secondary N) is 1. The van der Waals surface area contributed by atoms with Gasteiger partial charge in [0, 0.05) is 12.6 Å². The van der Waals surface area contributed by atoms with Crippen LogP contribution in [-0.4, -0.2) is 48.6 Å². The highest BCUT2D eigenvalue weighted by Crippen LogP contribution is 2.36. The molecule has 1 fully saturated rings. The molecule has 0 aliphatic carbocycles. The number of nitro benzene ring substituents is 1. The van der Waals surface area contributed by atoms with Gasteiger partial charge in [0.25, 0.3) is 11.6 Å². The van der Waals surface area contributed by atoms with Crippen molar-refractivity contribution in [2.24, 2.45) is 0 Å². The number of carbonyl (C=O) groups excluding carboxylic acids is 1. The van der Waals surface area contributed by atoms with Gasteiger partial charge >= 0.3 is 0 Å². The fourth-order valence-electron chi connectivity index (χ4n) is 3.82. The first-order chi connectivity index (χ1) is 14.1. The van der Waals surface area contributed by atoms with E-state index in [-0.39, 0.29) is 29.6 Å². The topological polar surface area (TPSA) is 107 Å². The summed E-state index contributed by atoms with van der Waals surface area (Å²) in [7, 11) is 0. The van der Waals surface area contributed by atoms with Gasteiger partial charge < -0.3 is 19.2 Å². The number of furan rings is 1. The summed E-state index contributed by atoms with van der Waals surface area (Å²) >= 11 is 0. The van der Waals surface area contributed by atoms with E-state index in [9.17, 15) is 14.9 Å². The van der Waals surface area contributed by atoms with Gasteiger partial charge in [-0.1, -0.05) is 6.42 Å². The first-order valence-electron chi connectivity index (χ1n) is 9.77. The number of hydrogen-bond donors (Lipinski definition) is 1. The van der Waals surface area contributed by atoms with Gasteiger partial charge in [0.2, 0.25) is 0 Å². The van der Waals surface area contributed by atoms with Gasteiger partial charge in [-0.05, 0) is 38.1 Å². The van der Waals surface area contributed by atoms with Crippen LogP contribution in [0.5, 0.6) is 11.5 Å². The van der Waals surface area contributed by atoms with Crippen LogP contribution in [0.2, 0.25) is 0 Å². The van der Waals surface area contributed by atoms with E-state index in [1.165, 1.54) is 18.6 Å². The highest BCUT2D eigenvalue weighted by atomic mass is 16.6. The number of likely N-dealkylation sites (tertiary alicyclic amines) is 1. The third-order valence-corrected chi connectivity index (χ3v) is 5.26. The largest absolute Gasteiger partial charge is 0.486 e. The van der Waals surface area contributed by atoms with Crippen LogP contribution in [0.15, 0.2) is 34.9 Å². The van der Waals surface area contributed by atoms with E-state index in [1.54, 1.807) is 6.26 Å². The minimum Gasteiger partial charge on any atom is -0.486 e. The minimum absolute atomic E-state index is 0.0453. The zero-order chi connectivity index (χ0) is 20.2. The van der Waals surface area contributed by atoms with E-state index in [0.717, 1.165) is 31.7 Å². The summed E-state index contributed by atoms with van der Waals surface area (Å²) in [4.78, 5) is 26.0. The normalized spacial score (nSPS) is 17.5. The lowest BCUT2D eigenvalue weighted by Crippen LogP contribution is -2.40. The number of benzene rings is 1. The molecule has 4 rings (SSSR count). The zero-order valence-corrected chi connectivity index (χ0v) is 16.0. The van der Waals surface area contributed by atoms with Crippen molar-refractivity contribution in [1.82, 2.24) is 10.2 Å². The maximum absolute atomic E-state index is 12.9. The fraction of sp³-hybridized carbons (Fsp3) is 0.450. The molecule has 9 nitrogen and oxygen atoms in total. The average molecular weight is 401 g/mol. The molecule has 0 radical (unpaired) electrons. The second-order valence-electron chi connectivity index (χ2n) is 7.11. The second-order valence-corrected chi connectivity index (χ2v) is 7.11. The standard InChI is InChI=1S/C20H23N3O6/c24-20(14-11-18-19(29-10-9-28-18)12-15(14)23(25)26)21-13-16(17-5-4-8-27-17)22-6-2-1-3-7-22/h4-5,8,11-12,16H,1-3,6-7,9-10,13H2,(H,21,24). The van der Waals surface area contributed by atoms with Crippen LogP contribution in [0.1, 0.15) is 41.4 Å². The van der Waals surface area contributed by atoms with Crippen molar-refractivity contribution >= 4 is 11.6 Å². The Kier molecular flexibility index (Phi) is 5.66. The fourth-order valence-corrected chi connectivity index (χ4v) is 3.82. The van der Waals surface area contributed by atoms with Crippen LogP contribution in [0.3, 0.4) is 0 Å². The number of nitrogens with zero attached hydrogens (tertiary/aromatic N) is 2. The van der Waals surface area contributed by atoms with E-state index in [0.29, 0.717) is 19.0 Å². The van der Waals surface area contributed by atoms with Gasteiger partial charge in [0.1, 0.15) is 24.5 Å². The molecule has 3 heterocycles. The Hall–Kier alpha value is -3.07. The predicted octanol–water partition coefficient (Wildman–Crippen LogP) is 2.92. The SMILES string of the molecule is O=C(NCC(c1ccco1)N1CCCCC1)c1cc2c(cc1[N+](=O)[O-])OCCO2. The third-order valence-electron chi connectivity index (χ3n) is 5.26. The molecule has 2 aliphatic heterocycles. The summed E-state index contributed by atoms with van der Waals surface area (Å²) in [6.45, 7) is 2.78. The molecule has 2 aliphatic rings. The third kappa shape index (κ3) is 4.19. The summed E-state index contributed by atoms with van der Waals surface area (Å²) in [5, 5.41) is 14.3. The van der Waals surface area contributed by atoms with Crippen LogP contribution in [-0.2, 0) is 0 Å². The molecule has 2 aromatic rings. The first-order valence-corrected chi connectivity index (χ1v) is 9.77. The van der Waals surface area contributed by atoms with Crippen molar-refractivity contribution in [3.05, 3.63) is 52.0 Å². The minimum atomic E-state index is -0.582. The summed E-state index contributed by atoms with van der Waals surface area (Å²) in [5.74, 6) is 0.859. The maximum atomic E-state index is 12.9. The number of rotatable bonds is 6. The first kappa shape index (κ1) is 19.3. The van der Waals surface area contributed by atoms with Crippen LogP contribution >= 0.6 is 0 Å². The van der Waals surface area contributed by atoms with E-state index < -0.39 is 10.8 Å². The molecule has 1 amide bonds. The molecular weight excluding hydrogens is 378 g/mol. The Balaban J connectivity index is 1.54. The van der Waals surface area contributed by atoms with Crippen molar-refractivity contribution in [3.8, 4) is 11.5 Å². The Morgan fingerprint density at radius 1 is 1.17 bits per heavy atom. The Morgan fingerprint density at radius 3 is 2.55 bits per heavy atom. The van der Waals surface area contributed by atoms with E-state index >= 15 is 0 Å². The summed E-state index contributed by atoms with van der Waals surface area (Å²) in [6, 6.07) is 6.21. The number of piperidine rings is 1. The van der Waals surface area contributed by atoms with Gasteiger partial charge in [0.05, 0.1) is 23.3 Å². The highest BCUT2D eigenvalue weighted by molar-refractivity contribution is 5.99. The molecule has 1 atom stereocenters. The number of hydrogen-bond acceptors (Lipinski definition) is 7. The van der Waals surface area contributed by atoms with Crippen LogP contribution in [0.25, 0.3) is 0 Å². The second kappa shape index (κ2) is 8.52. The molecule has 0 saturated carbocycles. The molecule has 154 valence electrons. The Bertz CT molecular complexity index is 877. The van der Waals surface area contributed by atoms with Crippen molar-refractivity contribution < 1.29 is 23.6 Å². The molecule has 0 spiro atoms. The zero-order valence-electron chi connectivity index (χ0n) is 16.0. The maximum Gasteiger partial charge on any atom is 0.286 e. The molecular formula is C20H23N3O6. The number of ether oxygens (including phenoxy) is 2. The molecule has 1 saturated heterocycles. The van der Waals surface area contributed by atoms with Crippen molar-refractivity contribution in [1.29, 1.82) is 0 Å². The Labute approximate surface area is 167 Å². The molecule has 29 heavy (non-hydrogen) atoms. The predicted molar refractivity (Wildman–Crippen MR) is 103 cm³/mol. The molecule has 1 aromatic carbocycles. The van der Waals surface area contributed by atoms with Gasteiger partial charge in [-0.3, -0.25) is 19.8 Å². The van der Waals surface area contributed by atoms with Crippen LogP contribution in [0.4, 0.5) is 5.69 Å². The molecule has 1 N–H and O–H groups in total. The number of amides is 1. The molecule has 1 aromatic heterocycles. The quantitative estimate of drug-likeness (QED) is 0.586. The van der Waals surface area contributed by atoms with Gasteiger partial charge in [-0.15, -0.1) is 0 Å². The molecule has 9 heteroatoms. The lowest BCUT2D eigenvalue weighted by molar-refractivity contribution is -0.385. The van der Waals surface area contributed by atoms with E-state index in [4.69, 9.17) is 13.9 Å². The number of carbonyl (C=O) groups is 1. The summed E-state index contributed by atoms with van der Waals surface area (Å²) in [6.07, 6.45) is 4.99. The lowest BCUT2D eigenvalue weighted by Gasteiger charge is -2.33. The average Bonchev–Trinajstić information content (AvgIpc) is 3.28. The highest BCUT2D eigenvalue weighted by Gasteiger charge is 2.29. The van der Waals surface area contributed by atoms with Crippen molar-refractivity contribution in [3.63, 3.8) is 0 Å². The Morgan fingerprint density at radius 2 is 1.90 bits per heavy atom. The van der Waals surface area contributed by atoms with Crippen LogP contribution in [0, 0.1) is 10.1 Å². The number of nitro groups is 1. The number of fused-ring (bicyclic) bond motifs is 1. The van der Waals surface area contributed by atoms with Crippen LogP contribution < -0.4 is 14.8 Å². The molecule has 0 bridgehead atoms. The van der Waals surface area contributed by atoms with Gasteiger partial charge in [-0.25, -0.2) is 0 Å². The van der Waals surface area contributed by atoms with Crippen molar-refractivity contribution in [2.75, 3.05) is 32.8 Å². The summed E-state index contributed by atoms with van der Waals surface area (Å²) < 4.78 is 16.5. The molecule has 1 unspecified atom stereocenters. The van der Waals surface area contributed by atoms with Crippen molar-refractivity contribution in [2.45, 2.75) is 25.3 Å². The van der Waals surface area contributed by atoms with Gasteiger partial charge in [-0.2, -0.15) is 0 Å². The summed E-state index contributed by atoms with van der Waals surface area (Å²) in [5.41, 5.74) is -0.352.